The average molecular weight is 408 g/mol. The summed E-state index contributed by atoms with van der Waals surface area (Å²) in [6, 6.07) is 6.47. The van der Waals surface area contributed by atoms with Gasteiger partial charge in [-0.3, -0.25) is 4.79 Å². The lowest BCUT2D eigenvalue weighted by atomic mass is 9.94. The zero-order chi connectivity index (χ0) is 20.1. The van der Waals surface area contributed by atoms with Gasteiger partial charge in [-0.2, -0.15) is 0 Å². The smallest absolute Gasteiger partial charge is 0.277 e. The Morgan fingerprint density at radius 1 is 1.25 bits per heavy atom. The van der Waals surface area contributed by atoms with E-state index in [1.54, 1.807) is 25.1 Å². The largest absolute Gasteiger partial charge is 0.478 e. The standard InChI is InChI=1S/C20H26FN3O3S/c1-13(26-17-12-8-7-11-16(17)21)18-22-23-20(27-18)28-14(2)19(25)24(3)15-9-5-4-6-10-15/h7-8,11-15H,4-6,9-10H2,1-3H3/t13-,14+/m0/s1. The minimum Gasteiger partial charge on any atom is -0.478 e. The molecule has 1 saturated carbocycles. The lowest BCUT2D eigenvalue weighted by molar-refractivity contribution is -0.131. The van der Waals surface area contributed by atoms with Crippen LogP contribution in [-0.2, 0) is 4.79 Å². The summed E-state index contributed by atoms with van der Waals surface area (Å²) in [6.07, 6.45) is 5.13. The van der Waals surface area contributed by atoms with Crippen molar-refractivity contribution >= 4 is 17.7 Å². The molecule has 0 radical (unpaired) electrons. The highest BCUT2D eigenvalue weighted by Gasteiger charge is 2.28. The summed E-state index contributed by atoms with van der Waals surface area (Å²) < 4.78 is 24.9. The fourth-order valence-electron chi connectivity index (χ4n) is 3.35. The topological polar surface area (TPSA) is 68.5 Å². The molecule has 28 heavy (non-hydrogen) atoms. The van der Waals surface area contributed by atoms with E-state index in [9.17, 15) is 9.18 Å². The third-order valence-corrected chi connectivity index (χ3v) is 5.93. The number of rotatable bonds is 7. The molecular weight excluding hydrogens is 381 g/mol. The van der Waals surface area contributed by atoms with Gasteiger partial charge in [-0.1, -0.05) is 43.2 Å². The number of ether oxygens (including phenoxy) is 1. The predicted octanol–water partition coefficient (Wildman–Crippen LogP) is 4.62. The van der Waals surface area contributed by atoms with Crippen molar-refractivity contribution in [3.63, 3.8) is 0 Å². The molecule has 1 heterocycles. The average Bonchev–Trinajstić information content (AvgIpc) is 3.18. The number of aromatic nitrogens is 2. The number of amides is 1. The van der Waals surface area contributed by atoms with Gasteiger partial charge in [-0.25, -0.2) is 4.39 Å². The molecular formula is C20H26FN3O3S. The molecule has 152 valence electrons. The van der Waals surface area contributed by atoms with Gasteiger partial charge in [0.15, 0.2) is 17.7 Å². The zero-order valence-electron chi connectivity index (χ0n) is 16.4. The third-order valence-electron chi connectivity index (χ3n) is 5.01. The van der Waals surface area contributed by atoms with Crippen LogP contribution in [0.4, 0.5) is 4.39 Å². The van der Waals surface area contributed by atoms with Crippen LogP contribution in [0.3, 0.4) is 0 Å². The molecule has 0 saturated heterocycles. The zero-order valence-corrected chi connectivity index (χ0v) is 17.2. The van der Waals surface area contributed by atoms with Crippen LogP contribution < -0.4 is 4.74 Å². The lowest BCUT2D eigenvalue weighted by Crippen LogP contribution is -2.42. The van der Waals surface area contributed by atoms with E-state index in [1.165, 1.54) is 37.1 Å². The first kappa shape index (κ1) is 20.6. The highest BCUT2D eigenvalue weighted by molar-refractivity contribution is 8.00. The third kappa shape index (κ3) is 5.04. The second kappa shape index (κ2) is 9.41. The van der Waals surface area contributed by atoms with Crippen molar-refractivity contribution in [1.29, 1.82) is 0 Å². The van der Waals surface area contributed by atoms with Gasteiger partial charge in [-0.05, 0) is 38.8 Å². The molecule has 0 N–H and O–H groups in total. The molecule has 0 bridgehead atoms. The maximum Gasteiger partial charge on any atom is 0.277 e. The van der Waals surface area contributed by atoms with Gasteiger partial charge in [0, 0.05) is 13.1 Å². The molecule has 8 heteroatoms. The summed E-state index contributed by atoms with van der Waals surface area (Å²) in [7, 11) is 1.87. The number of benzene rings is 1. The van der Waals surface area contributed by atoms with Gasteiger partial charge < -0.3 is 14.1 Å². The van der Waals surface area contributed by atoms with Gasteiger partial charge in [0.2, 0.25) is 5.91 Å². The van der Waals surface area contributed by atoms with Crippen molar-refractivity contribution in [2.75, 3.05) is 7.05 Å². The van der Waals surface area contributed by atoms with Gasteiger partial charge >= 0.3 is 0 Å². The van der Waals surface area contributed by atoms with E-state index >= 15 is 0 Å². The van der Waals surface area contributed by atoms with Crippen LogP contribution >= 0.6 is 11.8 Å². The Hall–Kier alpha value is -2.09. The fraction of sp³-hybridized carbons (Fsp3) is 0.550. The van der Waals surface area contributed by atoms with Gasteiger partial charge in [-0.15, -0.1) is 10.2 Å². The van der Waals surface area contributed by atoms with E-state index in [0.29, 0.717) is 11.3 Å². The van der Waals surface area contributed by atoms with Crippen LogP contribution in [0.25, 0.3) is 0 Å². The number of halogens is 1. The van der Waals surface area contributed by atoms with Crippen LogP contribution in [0, 0.1) is 5.82 Å². The first-order valence-corrected chi connectivity index (χ1v) is 10.5. The Balaban J connectivity index is 1.57. The quantitative estimate of drug-likeness (QED) is 0.624. The Morgan fingerprint density at radius 3 is 2.68 bits per heavy atom. The molecule has 1 fully saturated rings. The predicted molar refractivity (Wildman–Crippen MR) is 105 cm³/mol. The number of hydrogen-bond donors (Lipinski definition) is 0. The van der Waals surface area contributed by atoms with Crippen LogP contribution in [0.1, 0.15) is 57.9 Å². The van der Waals surface area contributed by atoms with Crippen LogP contribution in [0.15, 0.2) is 33.9 Å². The molecule has 6 nitrogen and oxygen atoms in total. The Kier molecular flexibility index (Phi) is 6.93. The molecule has 1 aliphatic carbocycles. The first-order chi connectivity index (χ1) is 13.5. The summed E-state index contributed by atoms with van der Waals surface area (Å²) in [4.78, 5) is 14.6. The van der Waals surface area contributed by atoms with E-state index in [2.05, 4.69) is 10.2 Å². The number of para-hydroxylation sites is 1. The molecule has 1 amide bonds. The minimum absolute atomic E-state index is 0.0623. The molecule has 1 aromatic heterocycles. The van der Waals surface area contributed by atoms with Crippen molar-refractivity contribution in [2.45, 2.75) is 68.6 Å². The molecule has 0 spiro atoms. The molecule has 1 aliphatic rings. The highest BCUT2D eigenvalue weighted by atomic mass is 32.2. The summed E-state index contributed by atoms with van der Waals surface area (Å²) in [6.45, 7) is 3.55. The maximum absolute atomic E-state index is 13.7. The van der Waals surface area contributed by atoms with E-state index < -0.39 is 11.9 Å². The number of nitrogens with zero attached hydrogens (tertiary/aromatic N) is 3. The second-order valence-corrected chi connectivity index (χ2v) is 8.39. The molecule has 3 rings (SSSR count). The Morgan fingerprint density at radius 2 is 1.96 bits per heavy atom. The molecule has 0 unspecified atom stereocenters. The molecule has 2 atom stereocenters. The van der Waals surface area contributed by atoms with Crippen molar-refractivity contribution in [3.8, 4) is 5.75 Å². The maximum atomic E-state index is 13.7. The first-order valence-electron chi connectivity index (χ1n) is 9.63. The van der Waals surface area contributed by atoms with Crippen LogP contribution in [-0.4, -0.2) is 39.3 Å². The number of carbonyl (C=O) groups excluding carboxylic acids is 1. The van der Waals surface area contributed by atoms with Crippen LogP contribution in [0.5, 0.6) is 5.75 Å². The number of thioether (sulfide) groups is 1. The summed E-state index contributed by atoms with van der Waals surface area (Å²) >= 11 is 1.23. The lowest BCUT2D eigenvalue weighted by Gasteiger charge is -2.32. The summed E-state index contributed by atoms with van der Waals surface area (Å²) in [5, 5.41) is 7.95. The van der Waals surface area contributed by atoms with Gasteiger partial charge in [0.05, 0.1) is 5.25 Å². The van der Waals surface area contributed by atoms with E-state index in [-0.39, 0.29) is 22.8 Å². The van der Waals surface area contributed by atoms with E-state index in [4.69, 9.17) is 9.15 Å². The summed E-state index contributed by atoms with van der Waals surface area (Å²) in [5.74, 6) is -0.0215. The van der Waals surface area contributed by atoms with E-state index in [0.717, 1.165) is 12.8 Å². The monoisotopic (exact) mass is 407 g/mol. The van der Waals surface area contributed by atoms with E-state index in [1.807, 2.05) is 18.9 Å². The highest BCUT2D eigenvalue weighted by Crippen LogP contribution is 2.29. The van der Waals surface area contributed by atoms with Gasteiger partial charge in [0.1, 0.15) is 0 Å². The SMILES string of the molecule is C[C@H](Oc1ccccc1F)c1nnc(S[C@H](C)C(=O)N(C)C2CCCCC2)o1. The van der Waals surface area contributed by atoms with Crippen molar-refractivity contribution in [3.05, 3.63) is 36.0 Å². The number of hydrogen-bond acceptors (Lipinski definition) is 6. The van der Waals surface area contributed by atoms with Crippen molar-refractivity contribution < 1.29 is 18.3 Å². The number of carbonyl (C=O) groups is 1. The fourth-order valence-corrected chi connectivity index (χ4v) is 4.14. The molecule has 2 aromatic rings. The second-order valence-electron chi connectivity index (χ2n) is 7.10. The molecule has 1 aromatic carbocycles. The van der Waals surface area contributed by atoms with Crippen LogP contribution in [0.2, 0.25) is 0 Å². The van der Waals surface area contributed by atoms with Crippen molar-refractivity contribution in [1.82, 2.24) is 15.1 Å². The van der Waals surface area contributed by atoms with Gasteiger partial charge in [0.25, 0.3) is 11.1 Å². The summed E-state index contributed by atoms with van der Waals surface area (Å²) in [5.41, 5.74) is 0. The molecule has 0 aliphatic heterocycles. The Bertz CT molecular complexity index is 795. The normalized spacial score (nSPS) is 17.1. The minimum atomic E-state index is -0.602. The Labute approximate surface area is 168 Å². The van der Waals surface area contributed by atoms with Crippen molar-refractivity contribution in [2.24, 2.45) is 0 Å².